The van der Waals surface area contributed by atoms with Crippen LogP contribution in [0.15, 0.2) is 36.7 Å². The Morgan fingerprint density at radius 1 is 1.12 bits per heavy atom. The van der Waals surface area contributed by atoms with Gasteiger partial charge in [-0.15, -0.1) is 0 Å². The van der Waals surface area contributed by atoms with Gasteiger partial charge in [0.25, 0.3) is 0 Å². The van der Waals surface area contributed by atoms with E-state index in [-0.39, 0.29) is 0 Å². The molecule has 0 amide bonds. The molecular weight excluding hydrogens is 238 g/mol. The quantitative estimate of drug-likeness (QED) is 0.666. The molecule has 0 aliphatic carbocycles. The Balaban J connectivity index is 2.37. The van der Waals surface area contributed by atoms with Gasteiger partial charge in [0.15, 0.2) is 17.0 Å². The second kappa shape index (κ2) is 3.71. The van der Waals surface area contributed by atoms with E-state index in [0.29, 0.717) is 22.3 Å². The van der Waals surface area contributed by atoms with E-state index in [1.807, 2.05) is 30.3 Å². The zero-order valence-electron chi connectivity index (χ0n) is 8.71. The van der Waals surface area contributed by atoms with Crippen LogP contribution in [-0.4, -0.2) is 19.5 Å². The predicted molar refractivity (Wildman–Crippen MR) is 66.1 cm³/mol. The first-order chi connectivity index (χ1) is 8.27. The minimum atomic E-state index is 0.318. The summed E-state index contributed by atoms with van der Waals surface area (Å²) >= 11 is 6.10. The van der Waals surface area contributed by atoms with Crippen LogP contribution in [0.3, 0.4) is 0 Å². The molecule has 0 aliphatic rings. The van der Waals surface area contributed by atoms with E-state index in [4.69, 9.17) is 17.3 Å². The third kappa shape index (κ3) is 1.52. The van der Waals surface area contributed by atoms with Crippen LogP contribution in [0.1, 0.15) is 0 Å². The molecule has 0 atom stereocenters. The van der Waals surface area contributed by atoms with E-state index in [2.05, 4.69) is 15.0 Å². The van der Waals surface area contributed by atoms with Gasteiger partial charge in [0, 0.05) is 0 Å². The van der Waals surface area contributed by atoms with Crippen molar-refractivity contribution in [2.24, 2.45) is 0 Å². The van der Waals surface area contributed by atoms with Gasteiger partial charge < -0.3 is 5.73 Å². The van der Waals surface area contributed by atoms with Crippen molar-refractivity contribution in [3.63, 3.8) is 0 Å². The molecule has 2 N–H and O–H groups in total. The Morgan fingerprint density at radius 2 is 1.88 bits per heavy atom. The number of nitrogens with two attached hydrogens (primary N) is 1. The molecule has 0 radical (unpaired) electrons. The average Bonchev–Trinajstić information content (AvgIpc) is 2.68. The van der Waals surface area contributed by atoms with Gasteiger partial charge in [-0.1, -0.05) is 18.2 Å². The molecule has 0 spiro atoms. The highest BCUT2D eigenvalue weighted by Gasteiger charge is 2.13. The fraction of sp³-hybridized carbons (Fsp3) is 0. The molecule has 2 heterocycles. The Labute approximate surface area is 102 Å². The van der Waals surface area contributed by atoms with Gasteiger partial charge in [-0.3, -0.25) is 4.57 Å². The van der Waals surface area contributed by atoms with Gasteiger partial charge in [-0.2, -0.15) is 0 Å². The summed E-state index contributed by atoms with van der Waals surface area (Å²) in [6, 6.07) is 9.61. The lowest BCUT2D eigenvalue weighted by molar-refractivity contribution is 1.06. The largest absolute Gasteiger partial charge is 0.382 e. The number of para-hydroxylation sites is 1. The fourth-order valence-electron chi connectivity index (χ4n) is 1.69. The standard InChI is InChI=1S/C11H8ClN5/c12-11-16-8-9(13)14-6-15-10(8)17(11)7-4-2-1-3-5-7/h1-6H,(H2,13,14,15). The highest BCUT2D eigenvalue weighted by Crippen LogP contribution is 2.24. The summed E-state index contributed by atoms with van der Waals surface area (Å²) < 4.78 is 1.73. The molecule has 2 aromatic heterocycles. The molecule has 0 bridgehead atoms. The van der Waals surface area contributed by atoms with E-state index in [1.165, 1.54) is 6.33 Å². The number of nitrogen functional groups attached to an aromatic ring is 1. The maximum Gasteiger partial charge on any atom is 0.209 e. The van der Waals surface area contributed by atoms with Crippen molar-refractivity contribution in [1.82, 2.24) is 19.5 Å². The van der Waals surface area contributed by atoms with Crippen LogP contribution in [0, 0.1) is 0 Å². The molecule has 17 heavy (non-hydrogen) atoms. The summed E-state index contributed by atoms with van der Waals surface area (Å²) in [4.78, 5) is 12.2. The molecule has 0 unspecified atom stereocenters. The third-order valence-corrected chi connectivity index (χ3v) is 2.70. The number of aromatic nitrogens is 4. The van der Waals surface area contributed by atoms with Crippen molar-refractivity contribution in [1.29, 1.82) is 0 Å². The maximum atomic E-state index is 6.10. The summed E-state index contributed by atoms with van der Waals surface area (Å²) in [5.41, 5.74) is 7.74. The van der Waals surface area contributed by atoms with Crippen molar-refractivity contribution in [3.05, 3.63) is 41.9 Å². The summed E-state index contributed by atoms with van der Waals surface area (Å²) in [5, 5.41) is 0.318. The summed E-state index contributed by atoms with van der Waals surface area (Å²) in [6.07, 6.45) is 1.40. The van der Waals surface area contributed by atoms with Crippen LogP contribution in [0.5, 0.6) is 0 Å². The predicted octanol–water partition coefficient (Wildman–Crippen LogP) is 2.05. The number of fused-ring (bicyclic) bond motifs is 1. The zero-order valence-corrected chi connectivity index (χ0v) is 9.46. The number of halogens is 1. The van der Waals surface area contributed by atoms with Crippen LogP contribution < -0.4 is 5.73 Å². The lowest BCUT2D eigenvalue weighted by atomic mass is 10.3. The van der Waals surface area contributed by atoms with E-state index in [9.17, 15) is 0 Å². The number of anilines is 1. The van der Waals surface area contributed by atoms with Crippen LogP contribution in [0.4, 0.5) is 5.82 Å². The highest BCUT2D eigenvalue weighted by atomic mass is 35.5. The molecule has 1 aromatic carbocycles. The second-order valence-electron chi connectivity index (χ2n) is 3.48. The highest BCUT2D eigenvalue weighted by molar-refractivity contribution is 6.29. The third-order valence-electron chi connectivity index (χ3n) is 2.45. The van der Waals surface area contributed by atoms with Gasteiger partial charge in [0.2, 0.25) is 5.28 Å². The van der Waals surface area contributed by atoms with Gasteiger partial charge in [0.1, 0.15) is 6.33 Å². The second-order valence-corrected chi connectivity index (χ2v) is 3.82. The number of hydrogen-bond acceptors (Lipinski definition) is 4. The molecule has 6 heteroatoms. The first kappa shape index (κ1) is 10.0. The van der Waals surface area contributed by atoms with Crippen LogP contribution >= 0.6 is 11.6 Å². The number of nitrogens with zero attached hydrogens (tertiary/aromatic N) is 4. The monoisotopic (exact) mass is 245 g/mol. The minimum Gasteiger partial charge on any atom is -0.382 e. The topological polar surface area (TPSA) is 69.6 Å². The molecule has 3 aromatic rings. The van der Waals surface area contributed by atoms with E-state index >= 15 is 0 Å². The van der Waals surface area contributed by atoms with Gasteiger partial charge in [0.05, 0.1) is 5.69 Å². The normalized spacial score (nSPS) is 10.9. The van der Waals surface area contributed by atoms with E-state index in [0.717, 1.165) is 5.69 Å². The fourth-order valence-corrected chi connectivity index (χ4v) is 1.95. The SMILES string of the molecule is Nc1ncnc2c1nc(Cl)n2-c1ccccc1. The van der Waals surface area contributed by atoms with Crippen molar-refractivity contribution in [2.45, 2.75) is 0 Å². The molecule has 3 rings (SSSR count). The van der Waals surface area contributed by atoms with Crippen molar-refractivity contribution in [3.8, 4) is 5.69 Å². The van der Waals surface area contributed by atoms with Gasteiger partial charge >= 0.3 is 0 Å². The molecule has 0 fully saturated rings. The lowest BCUT2D eigenvalue weighted by Gasteiger charge is -2.03. The van der Waals surface area contributed by atoms with Gasteiger partial charge in [-0.05, 0) is 23.7 Å². The van der Waals surface area contributed by atoms with Crippen molar-refractivity contribution in [2.75, 3.05) is 5.73 Å². The smallest absolute Gasteiger partial charge is 0.209 e. The number of benzene rings is 1. The van der Waals surface area contributed by atoms with Crippen molar-refractivity contribution >= 4 is 28.6 Å². The number of rotatable bonds is 1. The lowest BCUT2D eigenvalue weighted by Crippen LogP contribution is -1.97. The summed E-state index contributed by atoms with van der Waals surface area (Å²) in [6.45, 7) is 0. The summed E-state index contributed by atoms with van der Waals surface area (Å²) in [7, 11) is 0. The Kier molecular flexibility index (Phi) is 2.19. The Bertz CT molecular complexity index is 677. The average molecular weight is 246 g/mol. The number of imidazole rings is 1. The van der Waals surface area contributed by atoms with Gasteiger partial charge in [-0.25, -0.2) is 15.0 Å². The van der Waals surface area contributed by atoms with Crippen LogP contribution in [0.2, 0.25) is 5.28 Å². The van der Waals surface area contributed by atoms with Crippen molar-refractivity contribution < 1.29 is 0 Å². The Morgan fingerprint density at radius 3 is 2.65 bits per heavy atom. The molecule has 5 nitrogen and oxygen atoms in total. The minimum absolute atomic E-state index is 0.318. The van der Waals surface area contributed by atoms with Crippen LogP contribution in [0.25, 0.3) is 16.9 Å². The zero-order chi connectivity index (χ0) is 11.8. The summed E-state index contributed by atoms with van der Waals surface area (Å²) in [5.74, 6) is 0.326. The first-order valence-electron chi connectivity index (χ1n) is 4.97. The first-order valence-corrected chi connectivity index (χ1v) is 5.35. The van der Waals surface area contributed by atoms with E-state index < -0.39 is 0 Å². The number of hydrogen-bond donors (Lipinski definition) is 1. The molecule has 0 saturated heterocycles. The molecule has 0 saturated carbocycles. The van der Waals surface area contributed by atoms with E-state index in [1.54, 1.807) is 4.57 Å². The Hall–Kier alpha value is -2.14. The van der Waals surface area contributed by atoms with Crippen LogP contribution in [-0.2, 0) is 0 Å². The molecule has 0 aliphatic heterocycles. The maximum absolute atomic E-state index is 6.10. The molecular formula is C11H8ClN5. The molecule has 84 valence electrons.